The fraction of sp³-hybridized carbons (Fsp3) is 0.500. The zero-order valence-electron chi connectivity index (χ0n) is 21.8. The highest BCUT2D eigenvalue weighted by molar-refractivity contribution is 6.30. The lowest BCUT2D eigenvalue weighted by atomic mass is 9.49. The molecular weight excluding hydrogens is 480 g/mol. The van der Waals surface area contributed by atoms with Gasteiger partial charge < -0.3 is 10.6 Å². The predicted octanol–water partition coefficient (Wildman–Crippen LogP) is 6.81. The van der Waals surface area contributed by atoms with Crippen LogP contribution in [0.3, 0.4) is 0 Å². The minimum atomic E-state index is -0.712. The maximum absolute atomic E-state index is 13.8. The topological polar surface area (TPSA) is 58.2 Å². The summed E-state index contributed by atoms with van der Waals surface area (Å²) in [6.07, 6.45) is 10.4. The molecule has 2 saturated carbocycles. The number of benzene rings is 2. The number of piperidine rings is 1. The van der Waals surface area contributed by atoms with Crippen LogP contribution in [0.5, 0.6) is 0 Å². The van der Waals surface area contributed by atoms with Crippen molar-refractivity contribution >= 4 is 23.4 Å². The molecule has 2 N–H and O–H groups in total. The van der Waals surface area contributed by atoms with Gasteiger partial charge in [-0.3, -0.25) is 9.59 Å². The summed E-state index contributed by atoms with van der Waals surface area (Å²) in [5, 5.41) is 7.08. The van der Waals surface area contributed by atoms with Crippen molar-refractivity contribution in [3.63, 3.8) is 0 Å². The van der Waals surface area contributed by atoms with Crippen molar-refractivity contribution in [2.24, 2.45) is 34.5 Å². The monoisotopic (exact) mass is 516 g/mol. The third-order valence-corrected chi connectivity index (χ3v) is 10.6. The number of allylic oxidation sites excluding steroid dienone is 2. The molecule has 3 fully saturated rings. The predicted molar refractivity (Wildman–Crippen MR) is 147 cm³/mol. The summed E-state index contributed by atoms with van der Waals surface area (Å²) in [6, 6.07) is 17.1. The summed E-state index contributed by atoms with van der Waals surface area (Å²) in [4.78, 5) is 27.1. The van der Waals surface area contributed by atoms with Crippen LogP contribution in [-0.4, -0.2) is 11.8 Å². The maximum atomic E-state index is 13.8. The Morgan fingerprint density at radius 3 is 2.49 bits per heavy atom. The van der Waals surface area contributed by atoms with Crippen molar-refractivity contribution in [1.82, 2.24) is 10.6 Å². The van der Waals surface area contributed by atoms with Crippen molar-refractivity contribution in [2.75, 3.05) is 0 Å². The van der Waals surface area contributed by atoms with Crippen LogP contribution in [0.2, 0.25) is 5.02 Å². The Kier molecular flexibility index (Phi) is 6.22. The molecule has 1 saturated heterocycles. The summed E-state index contributed by atoms with van der Waals surface area (Å²) < 4.78 is 0. The molecular formula is C32H37ClN2O2. The highest BCUT2D eigenvalue weighted by Gasteiger charge is 2.58. The van der Waals surface area contributed by atoms with E-state index in [9.17, 15) is 9.59 Å². The van der Waals surface area contributed by atoms with Gasteiger partial charge in [-0.15, -0.1) is 0 Å². The van der Waals surface area contributed by atoms with Gasteiger partial charge in [0, 0.05) is 16.1 Å². The molecule has 3 aliphatic carbocycles. The lowest BCUT2D eigenvalue weighted by Crippen LogP contribution is -2.57. The molecule has 2 aromatic rings. The van der Waals surface area contributed by atoms with Crippen LogP contribution in [0.25, 0.3) is 0 Å². The van der Waals surface area contributed by atoms with E-state index in [0.717, 1.165) is 29.2 Å². The molecule has 0 radical (unpaired) electrons. The second-order valence-electron chi connectivity index (χ2n) is 12.4. The third kappa shape index (κ3) is 4.22. The van der Waals surface area contributed by atoms with E-state index in [0.29, 0.717) is 28.7 Å². The maximum Gasteiger partial charge on any atom is 0.236 e. The highest BCUT2D eigenvalue weighted by atomic mass is 35.5. The van der Waals surface area contributed by atoms with E-state index in [4.69, 9.17) is 11.6 Å². The summed E-state index contributed by atoms with van der Waals surface area (Å²) >= 11 is 6.14. The Morgan fingerprint density at radius 2 is 1.73 bits per heavy atom. The van der Waals surface area contributed by atoms with E-state index in [2.05, 4.69) is 30.6 Å². The van der Waals surface area contributed by atoms with Crippen molar-refractivity contribution in [3.05, 3.63) is 82.5 Å². The summed E-state index contributed by atoms with van der Waals surface area (Å²) in [7, 11) is 0. The first-order valence-electron chi connectivity index (χ1n) is 13.9. The van der Waals surface area contributed by atoms with Gasteiger partial charge in [0.1, 0.15) is 5.92 Å². The summed E-state index contributed by atoms with van der Waals surface area (Å²) in [6.45, 7) is 4.81. The fourth-order valence-electron chi connectivity index (χ4n) is 8.39. The van der Waals surface area contributed by atoms with Gasteiger partial charge in [-0.25, -0.2) is 0 Å². The Hall–Kier alpha value is -2.59. The van der Waals surface area contributed by atoms with Crippen LogP contribution in [0.1, 0.15) is 76.0 Å². The van der Waals surface area contributed by atoms with Crippen LogP contribution in [0, 0.1) is 34.5 Å². The van der Waals surface area contributed by atoms with Crippen molar-refractivity contribution < 1.29 is 9.59 Å². The highest BCUT2D eigenvalue weighted by Crippen LogP contribution is 2.64. The molecule has 5 heteroatoms. The van der Waals surface area contributed by atoms with E-state index < -0.39 is 5.92 Å². The largest absolute Gasteiger partial charge is 0.344 e. The minimum absolute atomic E-state index is 0.175. The lowest BCUT2D eigenvalue weighted by Gasteiger charge is -2.57. The molecule has 1 heterocycles. The van der Waals surface area contributed by atoms with E-state index in [1.807, 2.05) is 54.6 Å². The van der Waals surface area contributed by atoms with Crippen molar-refractivity contribution in [2.45, 2.75) is 64.8 Å². The average molecular weight is 517 g/mol. The Labute approximate surface area is 225 Å². The van der Waals surface area contributed by atoms with Crippen molar-refractivity contribution in [3.8, 4) is 0 Å². The molecule has 0 bridgehead atoms. The van der Waals surface area contributed by atoms with E-state index >= 15 is 0 Å². The minimum Gasteiger partial charge on any atom is -0.344 e. The molecule has 4 aliphatic rings. The molecule has 2 unspecified atom stereocenters. The zero-order chi connectivity index (χ0) is 25.8. The first kappa shape index (κ1) is 24.7. The van der Waals surface area contributed by atoms with E-state index in [1.165, 1.54) is 32.1 Å². The molecule has 2 amide bonds. The fourth-order valence-corrected chi connectivity index (χ4v) is 8.52. The molecule has 0 aromatic heterocycles. The van der Waals surface area contributed by atoms with Gasteiger partial charge in [-0.2, -0.15) is 0 Å². The number of hydrogen-bond donors (Lipinski definition) is 2. The van der Waals surface area contributed by atoms with Gasteiger partial charge >= 0.3 is 0 Å². The van der Waals surface area contributed by atoms with Crippen molar-refractivity contribution in [1.29, 1.82) is 0 Å². The van der Waals surface area contributed by atoms with Crippen LogP contribution in [0.15, 0.2) is 66.4 Å². The van der Waals surface area contributed by atoms with Gasteiger partial charge in [0.15, 0.2) is 0 Å². The number of rotatable bonds is 4. The third-order valence-electron chi connectivity index (χ3n) is 10.4. The second kappa shape index (κ2) is 9.31. The quantitative estimate of drug-likeness (QED) is 0.438. The van der Waals surface area contributed by atoms with Gasteiger partial charge in [0.2, 0.25) is 11.8 Å². The summed E-state index contributed by atoms with van der Waals surface area (Å²) in [5.41, 5.74) is 3.27. The van der Waals surface area contributed by atoms with Gasteiger partial charge in [-0.05, 0) is 85.0 Å². The number of carbonyl (C=O) groups excluding carboxylic acids is 2. The van der Waals surface area contributed by atoms with Gasteiger partial charge in [-0.1, -0.05) is 80.4 Å². The smallest absolute Gasteiger partial charge is 0.236 e. The molecule has 37 heavy (non-hydrogen) atoms. The average Bonchev–Trinajstić information content (AvgIpc) is 3.30. The summed E-state index contributed by atoms with van der Waals surface area (Å²) in [5.74, 6) is 0.837. The zero-order valence-corrected chi connectivity index (χ0v) is 22.6. The van der Waals surface area contributed by atoms with E-state index in [1.54, 1.807) is 0 Å². The van der Waals surface area contributed by atoms with Crippen LogP contribution < -0.4 is 10.6 Å². The number of amides is 2. The number of carbonyl (C=O) groups is 2. The number of halogens is 1. The first-order chi connectivity index (χ1) is 17.8. The molecule has 1 aliphatic heterocycles. The lowest BCUT2D eigenvalue weighted by molar-refractivity contribution is -0.141. The molecule has 0 spiro atoms. The number of hydrogen-bond acceptors (Lipinski definition) is 2. The van der Waals surface area contributed by atoms with Crippen LogP contribution >= 0.6 is 11.6 Å². The molecule has 2 aromatic carbocycles. The normalized spacial score (nSPS) is 35.3. The van der Waals surface area contributed by atoms with Crippen LogP contribution in [0.4, 0.5) is 0 Å². The molecule has 194 valence electrons. The second-order valence-corrected chi connectivity index (χ2v) is 12.8. The Morgan fingerprint density at radius 1 is 1.00 bits per heavy atom. The molecule has 7 atom stereocenters. The molecule has 6 rings (SSSR count). The first-order valence-corrected chi connectivity index (χ1v) is 14.3. The standard InChI is InChI=1S/C32H37ClN2O2/c1-31-17-6-9-25(31)23-14-15-27-32(2,26(23)16-18-31)19-24(29(36)34-27)30(37)35-28(20-7-4-3-5-8-20)21-10-12-22(33)13-11-21/h3-5,7-8,10-13,15,23-26,28H,6,9,14,16-19H2,1-2H3,(H,34,36)(H,35,37)/t23-,24?,25-,26+,28?,31-,32+/m0/s1. The SMILES string of the molecule is C[C@@]12CCC[C@H]1[C@@H]1CC=C3NC(=O)C(C(=O)NC(c4ccccc4)c4ccc(Cl)cc4)C[C@]3(C)[C@@H]1CC2. The Balaban J connectivity index is 1.27. The Bertz CT molecular complexity index is 1230. The van der Waals surface area contributed by atoms with Gasteiger partial charge in [0.25, 0.3) is 0 Å². The van der Waals surface area contributed by atoms with E-state index in [-0.39, 0.29) is 23.3 Å². The van der Waals surface area contributed by atoms with Crippen LogP contribution in [-0.2, 0) is 9.59 Å². The molecule has 4 nitrogen and oxygen atoms in total. The number of nitrogens with one attached hydrogen (secondary N) is 2. The number of fused-ring (bicyclic) bond motifs is 5. The van der Waals surface area contributed by atoms with Gasteiger partial charge in [0.05, 0.1) is 6.04 Å².